The fourth-order valence-electron chi connectivity index (χ4n) is 6.80. The molecule has 45 heavy (non-hydrogen) atoms. The number of esters is 1. The van der Waals surface area contributed by atoms with Gasteiger partial charge in [-0.1, -0.05) is 48.0 Å². The lowest BCUT2D eigenvalue weighted by Gasteiger charge is -2.18. The highest BCUT2D eigenvalue weighted by atomic mass is 35.5. The molecule has 1 saturated carbocycles. The van der Waals surface area contributed by atoms with Crippen LogP contribution in [0, 0.1) is 29.5 Å². The molecule has 2 fully saturated rings. The largest absolute Gasteiger partial charge is 0.450 e. The number of pyridine rings is 1. The molecule has 2 amide bonds. The average molecular weight is 643 g/mol. The Morgan fingerprint density at radius 3 is 2.27 bits per heavy atom. The van der Waals surface area contributed by atoms with Gasteiger partial charge in [0, 0.05) is 28.8 Å². The minimum atomic E-state index is -1.20. The lowest BCUT2D eigenvalue weighted by molar-refractivity contribution is -0.123. The molecular weight excluding hydrogens is 618 g/mol. The van der Waals surface area contributed by atoms with Crippen molar-refractivity contribution < 1.29 is 28.3 Å². The number of amides is 2. The van der Waals surface area contributed by atoms with Gasteiger partial charge in [-0.25, -0.2) is 14.2 Å². The molecule has 1 aliphatic heterocycles. The van der Waals surface area contributed by atoms with Crippen LogP contribution in [0.4, 0.5) is 10.1 Å². The third-order valence-corrected chi connectivity index (χ3v) is 9.47. The van der Waals surface area contributed by atoms with E-state index in [2.05, 4.69) is 12.2 Å². The zero-order chi connectivity index (χ0) is 31.4. The van der Waals surface area contributed by atoms with E-state index in [1.807, 2.05) is 0 Å². The smallest absolute Gasteiger partial charge is 0.339 e. The van der Waals surface area contributed by atoms with E-state index in [1.54, 1.807) is 48.5 Å². The number of rotatable bonds is 8. The fraction of sp³-hybridized carbons (Fsp3) is 0.229. The molecule has 226 valence electrons. The Morgan fingerprint density at radius 1 is 0.956 bits per heavy atom. The molecule has 5 unspecified atom stereocenters. The van der Waals surface area contributed by atoms with Crippen LogP contribution in [0.25, 0.3) is 22.2 Å². The van der Waals surface area contributed by atoms with Crippen molar-refractivity contribution in [3.05, 3.63) is 107 Å². The third kappa shape index (κ3) is 5.02. The highest BCUT2D eigenvalue weighted by molar-refractivity contribution is 6.35. The Bertz CT molecular complexity index is 1880. The van der Waals surface area contributed by atoms with E-state index < -0.39 is 23.7 Å². The minimum absolute atomic E-state index is 0.0484. The molecule has 5 atom stereocenters. The van der Waals surface area contributed by atoms with Crippen molar-refractivity contribution in [3.8, 4) is 11.3 Å². The van der Waals surface area contributed by atoms with Crippen LogP contribution in [0.15, 0.2) is 84.9 Å². The zero-order valence-corrected chi connectivity index (χ0v) is 25.2. The summed E-state index contributed by atoms with van der Waals surface area (Å²) in [5, 5.41) is 0.734. The van der Waals surface area contributed by atoms with Gasteiger partial charge < -0.3 is 4.74 Å². The summed E-state index contributed by atoms with van der Waals surface area (Å²) in [6, 6.07) is 18.4. The van der Waals surface area contributed by atoms with Crippen molar-refractivity contribution >= 4 is 63.4 Å². The van der Waals surface area contributed by atoms with E-state index in [1.165, 1.54) is 17.0 Å². The quantitative estimate of drug-likeness (QED) is 0.0673. The van der Waals surface area contributed by atoms with Crippen molar-refractivity contribution in [2.45, 2.75) is 18.9 Å². The van der Waals surface area contributed by atoms with Gasteiger partial charge in [0.25, 0.3) is 0 Å². The summed E-state index contributed by atoms with van der Waals surface area (Å²) in [5.41, 5.74) is 2.15. The summed E-state index contributed by atoms with van der Waals surface area (Å²) >= 11 is 12.5. The summed E-state index contributed by atoms with van der Waals surface area (Å²) in [6.45, 7) is 0. The molecule has 1 aromatic heterocycles. The number of hydrogen-bond donors (Lipinski definition) is 0. The van der Waals surface area contributed by atoms with Crippen LogP contribution in [0.5, 0.6) is 0 Å². The molecule has 0 N–H and O–H groups in total. The molecule has 7 rings (SSSR count). The van der Waals surface area contributed by atoms with Crippen molar-refractivity contribution in [2.75, 3.05) is 10.8 Å². The molecule has 2 bridgehead atoms. The Kier molecular flexibility index (Phi) is 7.50. The van der Waals surface area contributed by atoms with Crippen LogP contribution in [-0.4, -0.2) is 40.5 Å². The number of halogens is 3. The lowest BCUT2D eigenvalue weighted by atomic mass is 9.85. The van der Waals surface area contributed by atoms with E-state index in [0.717, 1.165) is 18.6 Å². The van der Waals surface area contributed by atoms with E-state index in [9.17, 15) is 23.6 Å². The molecule has 3 aliphatic rings. The van der Waals surface area contributed by atoms with E-state index in [0.29, 0.717) is 32.9 Å². The predicted octanol–water partition coefficient (Wildman–Crippen LogP) is 7.04. The second-order valence-corrected chi connectivity index (χ2v) is 12.3. The van der Waals surface area contributed by atoms with Crippen molar-refractivity contribution in [3.63, 3.8) is 0 Å². The van der Waals surface area contributed by atoms with Gasteiger partial charge in [0.2, 0.25) is 17.6 Å². The predicted molar refractivity (Wildman–Crippen MR) is 168 cm³/mol. The number of carbonyl (C=O) groups is 4. The number of fused-ring (bicyclic) bond motifs is 6. The lowest BCUT2D eigenvalue weighted by Crippen LogP contribution is -2.32. The van der Waals surface area contributed by atoms with Crippen LogP contribution >= 0.6 is 23.2 Å². The van der Waals surface area contributed by atoms with Crippen LogP contribution in [0.1, 0.15) is 33.6 Å². The number of hydrogen-bond acceptors (Lipinski definition) is 6. The van der Waals surface area contributed by atoms with Gasteiger partial charge in [0.15, 0.2) is 6.10 Å². The van der Waals surface area contributed by atoms with E-state index in [-0.39, 0.29) is 58.9 Å². The van der Waals surface area contributed by atoms with E-state index >= 15 is 0 Å². The highest BCUT2D eigenvalue weighted by Crippen LogP contribution is 2.53. The minimum Gasteiger partial charge on any atom is -0.450 e. The first kappa shape index (κ1) is 29.3. The van der Waals surface area contributed by atoms with Crippen LogP contribution in [0.2, 0.25) is 5.02 Å². The molecule has 10 heteroatoms. The molecular formula is C35H25Cl2FN2O5. The second-order valence-electron chi connectivity index (χ2n) is 11.5. The Balaban J connectivity index is 1.20. The number of ketones is 1. The van der Waals surface area contributed by atoms with Gasteiger partial charge in [-0.15, -0.1) is 11.6 Å². The van der Waals surface area contributed by atoms with E-state index in [4.69, 9.17) is 32.9 Å². The number of nitrogens with zero attached hydrogens (tertiary/aromatic N) is 2. The maximum Gasteiger partial charge on any atom is 0.339 e. The number of benzene rings is 3. The summed E-state index contributed by atoms with van der Waals surface area (Å²) in [5.74, 6) is -2.46. The van der Waals surface area contributed by atoms with Gasteiger partial charge in [0.05, 0.1) is 39.3 Å². The Hall–Kier alpha value is -4.40. The molecule has 4 aromatic rings. The molecule has 2 aliphatic carbocycles. The first-order valence-electron chi connectivity index (χ1n) is 14.6. The Morgan fingerprint density at radius 2 is 1.62 bits per heavy atom. The second kappa shape index (κ2) is 11.5. The highest BCUT2D eigenvalue weighted by Gasteiger charge is 2.59. The van der Waals surface area contributed by atoms with Gasteiger partial charge >= 0.3 is 5.97 Å². The summed E-state index contributed by atoms with van der Waals surface area (Å²) in [7, 11) is 0. The van der Waals surface area contributed by atoms with Crippen molar-refractivity contribution in [2.24, 2.45) is 23.7 Å². The number of anilines is 1. The summed E-state index contributed by atoms with van der Waals surface area (Å²) in [4.78, 5) is 59.4. The van der Waals surface area contributed by atoms with Crippen molar-refractivity contribution in [1.29, 1.82) is 0 Å². The summed E-state index contributed by atoms with van der Waals surface area (Å²) < 4.78 is 19.1. The molecule has 7 nitrogen and oxygen atoms in total. The number of alkyl halides is 1. The zero-order valence-electron chi connectivity index (χ0n) is 23.7. The molecule has 3 aromatic carbocycles. The number of aromatic nitrogens is 1. The maximum absolute atomic E-state index is 13.6. The topological polar surface area (TPSA) is 93.6 Å². The number of Topliss-reactive ketones (excluding diaryl/α,β-unsaturated/α-hetero) is 1. The number of para-hydroxylation sites is 1. The normalized spacial score (nSPS) is 22.2. The number of allylic oxidation sites excluding steroid dienone is 2. The Labute approximate surface area is 267 Å². The van der Waals surface area contributed by atoms with Gasteiger partial charge in [-0.3, -0.25) is 19.3 Å². The average Bonchev–Trinajstić information content (AvgIpc) is 3.74. The molecule has 1 saturated heterocycles. The van der Waals surface area contributed by atoms with Gasteiger partial charge in [-0.2, -0.15) is 0 Å². The number of carbonyl (C=O) groups excluding carboxylic acids is 4. The van der Waals surface area contributed by atoms with Crippen LogP contribution < -0.4 is 4.90 Å². The maximum atomic E-state index is 13.6. The number of imide groups is 1. The van der Waals surface area contributed by atoms with Gasteiger partial charge in [-0.05, 0) is 66.8 Å². The van der Waals surface area contributed by atoms with Crippen LogP contribution in [0.3, 0.4) is 0 Å². The molecule has 0 spiro atoms. The summed E-state index contributed by atoms with van der Waals surface area (Å²) in [6.07, 6.45) is 3.81. The molecule has 2 heterocycles. The fourth-order valence-corrected chi connectivity index (χ4v) is 7.22. The van der Waals surface area contributed by atoms with Crippen molar-refractivity contribution in [1.82, 2.24) is 4.98 Å². The SMILES string of the molecule is O=C(OC(CCCl)C(=O)c1ccc(F)cc1)c1cc(-c2ccc(N3C(=O)C4C5C=CC(C5)C4C3=O)cc2)nc2c(Cl)cccc12. The standard InChI is InChI=1S/C35H25Cl2FN2O5/c36-15-14-28(32(41)19-6-10-22(38)11-7-19)45-35(44)25-17-27(39-31-24(25)2-1-3-26(31)37)18-8-12-23(13-9-18)40-33(42)29-20-4-5-21(16-20)30(29)34(40)43/h1-13,17,20-21,28-30H,14-16H2. The first-order chi connectivity index (χ1) is 21.7. The van der Waals surface area contributed by atoms with Gasteiger partial charge in [0.1, 0.15) is 5.82 Å². The monoisotopic (exact) mass is 642 g/mol. The molecule has 0 radical (unpaired) electrons. The number of ether oxygens (including phenoxy) is 1. The van der Waals surface area contributed by atoms with Crippen LogP contribution in [-0.2, 0) is 14.3 Å². The first-order valence-corrected chi connectivity index (χ1v) is 15.5. The third-order valence-electron chi connectivity index (χ3n) is 8.94.